The molecule has 112 valence electrons. The molecular formula is C13H25NO5. The first-order valence-corrected chi connectivity index (χ1v) is 6.24. The first-order valence-electron chi connectivity index (χ1n) is 6.24. The van der Waals surface area contributed by atoms with E-state index in [0.29, 0.717) is 6.42 Å². The van der Waals surface area contributed by atoms with E-state index in [2.05, 4.69) is 5.32 Å². The third-order valence-electron chi connectivity index (χ3n) is 2.58. The van der Waals surface area contributed by atoms with E-state index in [1.54, 1.807) is 27.9 Å². The lowest BCUT2D eigenvalue weighted by Gasteiger charge is -2.26. The standard InChI is InChI=1S/C13H25NO5/c1-12(2,3)19-11(17)14-9(10(15)16)7-8-13(4,5)18-6/h9H,7-8H2,1-6H3,(H,14,17)(H,15,16). The molecule has 1 atom stereocenters. The second-order valence-electron chi connectivity index (χ2n) is 6.04. The predicted molar refractivity (Wildman–Crippen MR) is 71.1 cm³/mol. The first-order chi connectivity index (χ1) is 8.47. The Kier molecular flexibility index (Phi) is 6.29. The van der Waals surface area contributed by atoms with Gasteiger partial charge >= 0.3 is 12.1 Å². The van der Waals surface area contributed by atoms with E-state index in [9.17, 15) is 9.59 Å². The van der Waals surface area contributed by atoms with Gasteiger partial charge in [-0.2, -0.15) is 0 Å². The monoisotopic (exact) mass is 275 g/mol. The predicted octanol–water partition coefficient (Wildman–Crippen LogP) is 2.17. The summed E-state index contributed by atoms with van der Waals surface area (Å²) in [5.74, 6) is -1.09. The van der Waals surface area contributed by atoms with Crippen LogP contribution in [0.1, 0.15) is 47.5 Å². The summed E-state index contributed by atoms with van der Waals surface area (Å²) < 4.78 is 10.2. The van der Waals surface area contributed by atoms with Gasteiger partial charge in [0.1, 0.15) is 11.6 Å². The summed E-state index contributed by atoms with van der Waals surface area (Å²) in [5, 5.41) is 11.4. The van der Waals surface area contributed by atoms with E-state index in [1.807, 2.05) is 13.8 Å². The summed E-state index contributed by atoms with van der Waals surface area (Å²) in [6.45, 7) is 8.88. The van der Waals surface area contributed by atoms with Gasteiger partial charge in [-0.15, -0.1) is 0 Å². The molecule has 0 bridgehead atoms. The molecule has 0 aliphatic heterocycles. The molecule has 0 spiro atoms. The van der Waals surface area contributed by atoms with Crippen molar-refractivity contribution in [2.75, 3.05) is 7.11 Å². The van der Waals surface area contributed by atoms with Gasteiger partial charge < -0.3 is 19.9 Å². The Morgan fingerprint density at radius 1 is 1.21 bits per heavy atom. The maximum atomic E-state index is 11.5. The second-order valence-corrected chi connectivity index (χ2v) is 6.04. The van der Waals surface area contributed by atoms with Gasteiger partial charge in [-0.3, -0.25) is 0 Å². The van der Waals surface area contributed by atoms with Crippen molar-refractivity contribution >= 4 is 12.1 Å². The highest BCUT2D eigenvalue weighted by molar-refractivity contribution is 5.79. The van der Waals surface area contributed by atoms with Gasteiger partial charge in [0.05, 0.1) is 5.60 Å². The lowest BCUT2D eigenvalue weighted by atomic mass is 9.99. The minimum Gasteiger partial charge on any atom is -0.480 e. The molecule has 19 heavy (non-hydrogen) atoms. The maximum Gasteiger partial charge on any atom is 0.408 e. The maximum absolute atomic E-state index is 11.5. The van der Waals surface area contributed by atoms with Gasteiger partial charge in [0.25, 0.3) is 0 Å². The Morgan fingerprint density at radius 2 is 1.74 bits per heavy atom. The molecule has 1 amide bonds. The van der Waals surface area contributed by atoms with E-state index in [0.717, 1.165) is 0 Å². The number of ether oxygens (including phenoxy) is 2. The van der Waals surface area contributed by atoms with Crippen molar-refractivity contribution < 1.29 is 24.2 Å². The molecule has 0 aromatic carbocycles. The molecule has 6 nitrogen and oxygen atoms in total. The van der Waals surface area contributed by atoms with Crippen molar-refractivity contribution in [3.05, 3.63) is 0 Å². The molecule has 6 heteroatoms. The lowest BCUT2D eigenvalue weighted by Crippen LogP contribution is -2.44. The molecule has 0 aromatic heterocycles. The van der Waals surface area contributed by atoms with Gasteiger partial charge in [-0.1, -0.05) is 0 Å². The number of aliphatic carboxylic acids is 1. The Morgan fingerprint density at radius 3 is 2.11 bits per heavy atom. The van der Waals surface area contributed by atoms with Gasteiger partial charge in [0, 0.05) is 7.11 Å². The van der Waals surface area contributed by atoms with Crippen molar-refractivity contribution in [3.8, 4) is 0 Å². The van der Waals surface area contributed by atoms with Crippen LogP contribution in [0.4, 0.5) is 4.79 Å². The Balaban J connectivity index is 4.43. The smallest absolute Gasteiger partial charge is 0.408 e. The average molecular weight is 275 g/mol. The Bertz CT molecular complexity index is 319. The topological polar surface area (TPSA) is 84.9 Å². The zero-order chi connectivity index (χ0) is 15.3. The Labute approximate surface area is 114 Å². The fraction of sp³-hybridized carbons (Fsp3) is 0.846. The third-order valence-corrected chi connectivity index (χ3v) is 2.58. The molecule has 0 rings (SSSR count). The van der Waals surface area contributed by atoms with Crippen molar-refractivity contribution in [3.63, 3.8) is 0 Å². The molecule has 0 saturated carbocycles. The van der Waals surface area contributed by atoms with Gasteiger partial charge in [-0.05, 0) is 47.5 Å². The average Bonchev–Trinajstić information content (AvgIpc) is 2.21. The molecule has 0 aliphatic carbocycles. The SMILES string of the molecule is COC(C)(C)CCC(NC(=O)OC(C)(C)C)C(=O)O. The van der Waals surface area contributed by atoms with E-state index >= 15 is 0 Å². The minimum atomic E-state index is -1.09. The van der Waals surface area contributed by atoms with Crippen molar-refractivity contribution in [1.82, 2.24) is 5.32 Å². The zero-order valence-corrected chi connectivity index (χ0v) is 12.6. The number of carbonyl (C=O) groups is 2. The van der Waals surface area contributed by atoms with Crippen LogP contribution in [0, 0.1) is 0 Å². The van der Waals surface area contributed by atoms with Crippen LogP contribution in [0.25, 0.3) is 0 Å². The summed E-state index contributed by atoms with van der Waals surface area (Å²) in [4.78, 5) is 22.6. The number of methoxy groups -OCH3 is 1. The number of amides is 1. The number of hydrogen-bond donors (Lipinski definition) is 2. The van der Waals surface area contributed by atoms with E-state index < -0.39 is 29.3 Å². The van der Waals surface area contributed by atoms with E-state index in [-0.39, 0.29) is 6.42 Å². The number of carboxylic acids is 1. The van der Waals surface area contributed by atoms with Crippen LogP contribution in [0.3, 0.4) is 0 Å². The molecule has 2 N–H and O–H groups in total. The quantitative estimate of drug-likeness (QED) is 0.776. The van der Waals surface area contributed by atoms with Crippen molar-refractivity contribution in [2.24, 2.45) is 0 Å². The molecule has 0 saturated heterocycles. The lowest BCUT2D eigenvalue weighted by molar-refractivity contribution is -0.140. The zero-order valence-electron chi connectivity index (χ0n) is 12.6. The van der Waals surface area contributed by atoms with E-state index in [1.165, 1.54) is 0 Å². The number of carbonyl (C=O) groups excluding carboxylic acids is 1. The van der Waals surface area contributed by atoms with Crippen LogP contribution in [-0.2, 0) is 14.3 Å². The van der Waals surface area contributed by atoms with Crippen LogP contribution in [-0.4, -0.2) is 41.5 Å². The second kappa shape index (κ2) is 6.75. The number of rotatable bonds is 6. The normalized spacial score (nSPS) is 13.8. The van der Waals surface area contributed by atoms with Gasteiger partial charge in [-0.25, -0.2) is 9.59 Å². The van der Waals surface area contributed by atoms with Crippen molar-refractivity contribution in [1.29, 1.82) is 0 Å². The summed E-state index contributed by atoms with van der Waals surface area (Å²) in [6.07, 6.45) is 0.0567. The molecule has 0 fully saturated rings. The fourth-order valence-electron chi connectivity index (χ4n) is 1.30. The summed E-state index contributed by atoms with van der Waals surface area (Å²) in [6, 6.07) is -0.982. The number of nitrogens with one attached hydrogen (secondary N) is 1. The summed E-state index contributed by atoms with van der Waals surface area (Å²) in [5.41, 5.74) is -1.08. The molecule has 0 radical (unpaired) electrons. The van der Waals surface area contributed by atoms with Crippen LogP contribution >= 0.6 is 0 Å². The van der Waals surface area contributed by atoms with Crippen LogP contribution < -0.4 is 5.32 Å². The summed E-state index contributed by atoms with van der Waals surface area (Å²) in [7, 11) is 1.57. The molecule has 0 aliphatic rings. The molecule has 0 heterocycles. The molecular weight excluding hydrogens is 250 g/mol. The highest BCUT2D eigenvalue weighted by Gasteiger charge is 2.26. The molecule has 1 unspecified atom stereocenters. The number of hydrogen-bond acceptors (Lipinski definition) is 4. The van der Waals surface area contributed by atoms with Gasteiger partial charge in [0.15, 0.2) is 0 Å². The van der Waals surface area contributed by atoms with Crippen LogP contribution in [0.2, 0.25) is 0 Å². The summed E-state index contributed by atoms with van der Waals surface area (Å²) >= 11 is 0. The fourth-order valence-corrected chi connectivity index (χ4v) is 1.30. The third kappa shape index (κ3) is 8.42. The van der Waals surface area contributed by atoms with E-state index in [4.69, 9.17) is 14.6 Å². The van der Waals surface area contributed by atoms with Crippen LogP contribution in [0.5, 0.6) is 0 Å². The highest BCUT2D eigenvalue weighted by atomic mass is 16.6. The largest absolute Gasteiger partial charge is 0.480 e. The van der Waals surface area contributed by atoms with Crippen molar-refractivity contribution in [2.45, 2.75) is 64.7 Å². The van der Waals surface area contributed by atoms with Gasteiger partial charge in [0.2, 0.25) is 0 Å². The number of alkyl carbamates (subject to hydrolysis) is 1. The minimum absolute atomic E-state index is 0.273. The highest BCUT2D eigenvalue weighted by Crippen LogP contribution is 2.17. The molecule has 0 aromatic rings. The first kappa shape index (κ1) is 17.7. The number of carboxylic acid groups (broad SMARTS) is 1. The van der Waals surface area contributed by atoms with Crippen LogP contribution in [0.15, 0.2) is 0 Å². The Hall–Kier alpha value is -1.30.